The number of aryl methyl sites for hydroxylation is 1. The first-order valence-electron chi connectivity index (χ1n) is 6.08. The third-order valence-corrected chi connectivity index (χ3v) is 3.01. The van der Waals surface area contributed by atoms with Crippen molar-refractivity contribution in [3.05, 3.63) is 40.4 Å². The molecule has 3 heteroatoms. The van der Waals surface area contributed by atoms with Gasteiger partial charge in [0.15, 0.2) is 0 Å². The standard InChI is InChI=1S/C15H22BrNO/c1-11-6-7-14(13(16)8-11)18-10-12(2)9-17-15(3,4)5/h6-8,17H,2,9-10H2,1,3-5H3. The molecule has 0 fully saturated rings. The van der Waals surface area contributed by atoms with E-state index in [4.69, 9.17) is 4.74 Å². The molecule has 0 radical (unpaired) electrons. The summed E-state index contributed by atoms with van der Waals surface area (Å²) >= 11 is 3.50. The molecule has 18 heavy (non-hydrogen) atoms. The second kappa shape index (κ2) is 6.39. The van der Waals surface area contributed by atoms with Crippen LogP contribution < -0.4 is 10.1 Å². The molecule has 0 atom stereocenters. The molecule has 0 unspecified atom stereocenters. The predicted molar refractivity (Wildman–Crippen MR) is 81.3 cm³/mol. The summed E-state index contributed by atoms with van der Waals surface area (Å²) in [5.74, 6) is 0.859. The molecule has 1 aromatic rings. The zero-order valence-corrected chi connectivity index (χ0v) is 13.2. The Morgan fingerprint density at radius 3 is 2.61 bits per heavy atom. The summed E-state index contributed by atoms with van der Waals surface area (Å²) in [4.78, 5) is 0. The Kier molecular flexibility index (Phi) is 5.42. The molecule has 1 rings (SSSR count). The van der Waals surface area contributed by atoms with Gasteiger partial charge in [-0.3, -0.25) is 0 Å². The molecule has 1 N–H and O–H groups in total. The van der Waals surface area contributed by atoms with Crippen LogP contribution in [0.5, 0.6) is 5.75 Å². The van der Waals surface area contributed by atoms with E-state index in [-0.39, 0.29) is 5.54 Å². The summed E-state index contributed by atoms with van der Waals surface area (Å²) in [6.45, 7) is 13.8. The van der Waals surface area contributed by atoms with E-state index in [0.717, 1.165) is 22.3 Å². The van der Waals surface area contributed by atoms with E-state index in [1.807, 2.05) is 18.2 Å². The fourth-order valence-electron chi connectivity index (χ4n) is 1.34. The van der Waals surface area contributed by atoms with Gasteiger partial charge in [-0.15, -0.1) is 0 Å². The molecule has 0 aliphatic rings. The van der Waals surface area contributed by atoms with Gasteiger partial charge in [0, 0.05) is 12.1 Å². The molecule has 0 spiro atoms. The van der Waals surface area contributed by atoms with Crippen LogP contribution in [-0.2, 0) is 0 Å². The van der Waals surface area contributed by atoms with Crippen LogP contribution in [0.3, 0.4) is 0 Å². The van der Waals surface area contributed by atoms with Crippen LogP contribution in [0.2, 0.25) is 0 Å². The van der Waals surface area contributed by atoms with Gasteiger partial charge >= 0.3 is 0 Å². The van der Waals surface area contributed by atoms with Crippen molar-refractivity contribution in [3.63, 3.8) is 0 Å². The number of hydrogen-bond acceptors (Lipinski definition) is 2. The first kappa shape index (κ1) is 15.3. The summed E-state index contributed by atoms with van der Waals surface area (Å²) in [6.07, 6.45) is 0. The summed E-state index contributed by atoms with van der Waals surface area (Å²) < 4.78 is 6.72. The van der Waals surface area contributed by atoms with Gasteiger partial charge in [-0.05, 0) is 66.9 Å². The lowest BCUT2D eigenvalue weighted by molar-refractivity contribution is 0.339. The van der Waals surface area contributed by atoms with Crippen molar-refractivity contribution in [3.8, 4) is 5.75 Å². The van der Waals surface area contributed by atoms with Gasteiger partial charge in [0.25, 0.3) is 0 Å². The Hall–Kier alpha value is -0.800. The quantitative estimate of drug-likeness (QED) is 0.827. The van der Waals surface area contributed by atoms with Crippen molar-refractivity contribution < 1.29 is 4.74 Å². The lowest BCUT2D eigenvalue weighted by Crippen LogP contribution is -2.37. The number of nitrogens with one attached hydrogen (secondary N) is 1. The lowest BCUT2D eigenvalue weighted by Gasteiger charge is -2.21. The zero-order chi connectivity index (χ0) is 13.8. The highest BCUT2D eigenvalue weighted by atomic mass is 79.9. The van der Waals surface area contributed by atoms with Gasteiger partial charge in [0.2, 0.25) is 0 Å². The molecular weight excluding hydrogens is 290 g/mol. The van der Waals surface area contributed by atoms with E-state index in [2.05, 4.69) is 55.5 Å². The Labute approximate surface area is 119 Å². The smallest absolute Gasteiger partial charge is 0.133 e. The number of rotatable bonds is 5. The summed E-state index contributed by atoms with van der Waals surface area (Å²) in [5, 5.41) is 3.39. The van der Waals surface area contributed by atoms with Crippen LogP contribution in [0.1, 0.15) is 26.3 Å². The van der Waals surface area contributed by atoms with E-state index in [0.29, 0.717) is 6.61 Å². The van der Waals surface area contributed by atoms with Crippen LogP contribution in [-0.4, -0.2) is 18.7 Å². The predicted octanol–water partition coefficient (Wildman–Crippen LogP) is 4.08. The maximum atomic E-state index is 5.73. The summed E-state index contributed by atoms with van der Waals surface area (Å²) in [7, 11) is 0. The van der Waals surface area contributed by atoms with Crippen molar-refractivity contribution in [1.82, 2.24) is 5.32 Å². The average Bonchev–Trinajstić information content (AvgIpc) is 2.24. The highest BCUT2D eigenvalue weighted by molar-refractivity contribution is 9.10. The minimum absolute atomic E-state index is 0.105. The molecule has 0 amide bonds. The molecule has 2 nitrogen and oxygen atoms in total. The Morgan fingerprint density at radius 2 is 2.06 bits per heavy atom. The third kappa shape index (κ3) is 5.69. The SMILES string of the molecule is C=C(CNC(C)(C)C)COc1ccc(C)cc1Br. The average molecular weight is 312 g/mol. The van der Waals surface area contributed by atoms with Gasteiger partial charge < -0.3 is 10.1 Å². The van der Waals surface area contributed by atoms with E-state index in [1.54, 1.807) is 0 Å². The lowest BCUT2D eigenvalue weighted by atomic mass is 10.1. The van der Waals surface area contributed by atoms with Crippen LogP contribution in [0.15, 0.2) is 34.8 Å². The summed E-state index contributed by atoms with van der Waals surface area (Å²) in [6, 6.07) is 6.06. The molecule has 0 aliphatic heterocycles. The maximum Gasteiger partial charge on any atom is 0.133 e. The monoisotopic (exact) mass is 311 g/mol. The minimum Gasteiger partial charge on any atom is -0.488 e. The highest BCUT2D eigenvalue weighted by Gasteiger charge is 2.09. The number of hydrogen-bond donors (Lipinski definition) is 1. The van der Waals surface area contributed by atoms with E-state index >= 15 is 0 Å². The first-order valence-corrected chi connectivity index (χ1v) is 6.88. The van der Waals surface area contributed by atoms with Crippen molar-refractivity contribution in [1.29, 1.82) is 0 Å². The number of benzene rings is 1. The van der Waals surface area contributed by atoms with Crippen molar-refractivity contribution in [2.75, 3.05) is 13.2 Å². The van der Waals surface area contributed by atoms with Crippen molar-refractivity contribution in [2.45, 2.75) is 33.2 Å². The zero-order valence-electron chi connectivity index (χ0n) is 11.6. The largest absolute Gasteiger partial charge is 0.488 e. The molecule has 0 saturated heterocycles. The normalized spacial score (nSPS) is 11.4. The van der Waals surface area contributed by atoms with Crippen LogP contribution >= 0.6 is 15.9 Å². The molecule has 0 aromatic heterocycles. The molecule has 0 bridgehead atoms. The van der Waals surface area contributed by atoms with Gasteiger partial charge in [0.1, 0.15) is 12.4 Å². The van der Waals surface area contributed by atoms with Gasteiger partial charge in [0.05, 0.1) is 4.47 Å². The number of halogens is 1. The highest BCUT2D eigenvalue weighted by Crippen LogP contribution is 2.25. The fraction of sp³-hybridized carbons (Fsp3) is 0.467. The van der Waals surface area contributed by atoms with Gasteiger partial charge in [-0.1, -0.05) is 12.6 Å². The molecule has 100 valence electrons. The fourth-order valence-corrected chi connectivity index (χ4v) is 1.95. The van der Waals surface area contributed by atoms with E-state index in [1.165, 1.54) is 5.56 Å². The Balaban J connectivity index is 2.43. The van der Waals surface area contributed by atoms with Crippen LogP contribution in [0.4, 0.5) is 0 Å². The molecular formula is C15H22BrNO. The van der Waals surface area contributed by atoms with Crippen molar-refractivity contribution in [2.24, 2.45) is 0 Å². The van der Waals surface area contributed by atoms with Crippen molar-refractivity contribution >= 4 is 15.9 Å². The number of ether oxygens (including phenoxy) is 1. The molecule has 1 aromatic carbocycles. The first-order chi connectivity index (χ1) is 8.28. The van der Waals surface area contributed by atoms with Gasteiger partial charge in [-0.25, -0.2) is 0 Å². The van der Waals surface area contributed by atoms with Gasteiger partial charge in [-0.2, -0.15) is 0 Å². The maximum absolute atomic E-state index is 5.73. The van der Waals surface area contributed by atoms with E-state index < -0.39 is 0 Å². The molecule has 0 aliphatic carbocycles. The van der Waals surface area contributed by atoms with Crippen LogP contribution in [0.25, 0.3) is 0 Å². The van der Waals surface area contributed by atoms with E-state index in [9.17, 15) is 0 Å². The topological polar surface area (TPSA) is 21.3 Å². The minimum atomic E-state index is 0.105. The Morgan fingerprint density at radius 1 is 1.39 bits per heavy atom. The second-order valence-electron chi connectivity index (χ2n) is 5.58. The second-order valence-corrected chi connectivity index (χ2v) is 6.43. The Bertz CT molecular complexity index is 421. The molecule has 0 saturated carbocycles. The summed E-state index contributed by atoms with van der Waals surface area (Å²) in [5.41, 5.74) is 2.35. The van der Waals surface area contributed by atoms with Crippen LogP contribution in [0, 0.1) is 6.92 Å². The molecule has 0 heterocycles. The third-order valence-electron chi connectivity index (χ3n) is 2.39.